The molecule has 0 saturated heterocycles. The summed E-state index contributed by atoms with van der Waals surface area (Å²) in [5.74, 6) is 1.56. The molecule has 4 nitrogen and oxygen atoms in total. The molecule has 0 saturated carbocycles. The smallest absolute Gasteiger partial charge is 0.355 e. The van der Waals surface area contributed by atoms with Crippen molar-refractivity contribution >= 4 is 23.4 Å². The first-order valence-corrected chi connectivity index (χ1v) is 5.97. The molecule has 1 heterocycles. The number of nitrogens with zero attached hydrogens (tertiary/aromatic N) is 1. The number of nitrogens with two attached hydrogens (primary N) is 1. The van der Waals surface area contributed by atoms with Crippen LogP contribution in [0.5, 0.6) is 0 Å². The van der Waals surface area contributed by atoms with E-state index in [1.807, 2.05) is 0 Å². The molecule has 0 aromatic carbocycles. The van der Waals surface area contributed by atoms with Gasteiger partial charge in [0, 0.05) is 19.0 Å². The van der Waals surface area contributed by atoms with E-state index in [4.69, 9.17) is 10.5 Å². The van der Waals surface area contributed by atoms with Gasteiger partial charge in [0.15, 0.2) is 0 Å². The van der Waals surface area contributed by atoms with E-state index < -0.39 is 0 Å². The zero-order valence-corrected chi connectivity index (χ0v) is 9.84. The third-order valence-corrected chi connectivity index (χ3v) is 2.76. The maximum Gasteiger partial charge on any atom is 0.355 e. The second kappa shape index (κ2) is 5.70. The van der Waals surface area contributed by atoms with Gasteiger partial charge in [-0.2, -0.15) is 11.8 Å². The molecule has 1 rings (SSSR count). The molecule has 0 radical (unpaired) electrons. The number of hydrogen-bond donors (Lipinski definition) is 1. The Labute approximate surface area is 93.8 Å². The van der Waals surface area contributed by atoms with Crippen molar-refractivity contribution in [3.63, 3.8) is 0 Å². The number of esters is 1. The van der Waals surface area contributed by atoms with E-state index in [-0.39, 0.29) is 5.97 Å². The second-order valence-electron chi connectivity index (χ2n) is 3.10. The van der Waals surface area contributed by atoms with Crippen molar-refractivity contribution in [1.29, 1.82) is 0 Å². The summed E-state index contributed by atoms with van der Waals surface area (Å²) in [7, 11) is 1.77. The summed E-state index contributed by atoms with van der Waals surface area (Å²) < 4.78 is 6.76. The van der Waals surface area contributed by atoms with Crippen molar-refractivity contribution in [3.8, 4) is 0 Å². The van der Waals surface area contributed by atoms with Crippen molar-refractivity contribution in [1.82, 2.24) is 4.57 Å². The van der Waals surface area contributed by atoms with Crippen molar-refractivity contribution < 1.29 is 9.53 Å². The number of hydrogen-bond acceptors (Lipinski definition) is 4. The molecule has 5 heteroatoms. The molecule has 0 aliphatic carbocycles. The number of aryl methyl sites for hydroxylation is 1. The van der Waals surface area contributed by atoms with Gasteiger partial charge in [0.05, 0.1) is 5.69 Å². The van der Waals surface area contributed by atoms with Crippen LogP contribution in [0.4, 0.5) is 5.69 Å². The van der Waals surface area contributed by atoms with Crippen LogP contribution in [0.2, 0.25) is 0 Å². The molecular weight excluding hydrogens is 212 g/mol. The highest BCUT2D eigenvalue weighted by Crippen LogP contribution is 2.10. The van der Waals surface area contributed by atoms with Crippen LogP contribution in [0.25, 0.3) is 0 Å². The van der Waals surface area contributed by atoms with Crippen LogP contribution in [0, 0.1) is 0 Å². The predicted molar refractivity (Wildman–Crippen MR) is 63.1 cm³/mol. The number of carbonyl (C=O) groups is 1. The molecule has 0 aliphatic heterocycles. The monoisotopic (exact) mass is 228 g/mol. The number of thioether (sulfide) groups is 1. The lowest BCUT2D eigenvalue weighted by molar-refractivity contribution is 0.0519. The summed E-state index contributed by atoms with van der Waals surface area (Å²) in [4.78, 5) is 11.5. The molecule has 1 aromatic heterocycles. The molecule has 0 spiro atoms. The Morgan fingerprint density at radius 3 is 2.93 bits per heavy atom. The highest BCUT2D eigenvalue weighted by molar-refractivity contribution is 7.99. The first-order valence-electron chi connectivity index (χ1n) is 4.82. The fourth-order valence-electron chi connectivity index (χ4n) is 1.20. The van der Waals surface area contributed by atoms with E-state index in [1.54, 1.807) is 35.6 Å². The lowest BCUT2D eigenvalue weighted by Gasteiger charge is -2.04. The fraction of sp³-hybridized carbons (Fsp3) is 0.500. The Morgan fingerprint density at radius 1 is 1.67 bits per heavy atom. The zero-order chi connectivity index (χ0) is 11.3. The number of rotatable bonds is 5. The Hall–Kier alpha value is -1.10. The van der Waals surface area contributed by atoms with Crippen LogP contribution in [-0.4, -0.2) is 28.6 Å². The summed E-state index contributed by atoms with van der Waals surface area (Å²) in [5.41, 5.74) is 6.63. The average Bonchev–Trinajstić information content (AvgIpc) is 2.52. The Morgan fingerprint density at radius 2 is 2.40 bits per heavy atom. The van der Waals surface area contributed by atoms with Gasteiger partial charge in [0.2, 0.25) is 0 Å². The van der Waals surface area contributed by atoms with E-state index in [2.05, 4.69) is 6.92 Å². The fourth-order valence-corrected chi connectivity index (χ4v) is 1.69. The zero-order valence-electron chi connectivity index (χ0n) is 9.03. The van der Waals surface area contributed by atoms with Gasteiger partial charge in [-0.25, -0.2) is 4.79 Å². The lowest BCUT2D eigenvalue weighted by Crippen LogP contribution is -2.11. The second-order valence-corrected chi connectivity index (χ2v) is 4.50. The Bertz CT molecular complexity index is 336. The van der Waals surface area contributed by atoms with Crippen molar-refractivity contribution in [2.75, 3.05) is 23.8 Å². The molecule has 0 unspecified atom stereocenters. The summed E-state index contributed by atoms with van der Waals surface area (Å²) in [6.07, 6.45) is 1.69. The summed E-state index contributed by atoms with van der Waals surface area (Å²) >= 11 is 1.75. The van der Waals surface area contributed by atoms with E-state index >= 15 is 0 Å². The minimum atomic E-state index is -0.314. The number of ether oxygens (including phenoxy) is 1. The first kappa shape index (κ1) is 12.0. The Kier molecular flexibility index (Phi) is 4.55. The summed E-state index contributed by atoms with van der Waals surface area (Å²) in [6, 6.07) is 1.62. The standard InChI is InChI=1S/C10H16N2O2S/c1-3-15-5-4-14-10(13)9-6-8(11)7-12(9)2/h6-7H,3-5,11H2,1-2H3. The number of aromatic nitrogens is 1. The van der Waals surface area contributed by atoms with E-state index in [9.17, 15) is 4.79 Å². The molecule has 0 aliphatic rings. The predicted octanol–water partition coefficient (Wildman–Crippen LogP) is 1.52. The van der Waals surface area contributed by atoms with E-state index in [1.165, 1.54) is 0 Å². The van der Waals surface area contributed by atoms with Gasteiger partial charge >= 0.3 is 5.97 Å². The van der Waals surface area contributed by atoms with Crippen molar-refractivity contribution in [2.24, 2.45) is 7.05 Å². The van der Waals surface area contributed by atoms with Gasteiger partial charge in [0.1, 0.15) is 12.3 Å². The van der Waals surface area contributed by atoms with Gasteiger partial charge in [-0.15, -0.1) is 0 Å². The quantitative estimate of drug-likeness (QED) is 0.613. The normalized spacial score (nSPS) is 10.3. The third-order valence-electron chi connectivity index (χ3n) is 1.90. The van der Waals surface area contributed by atoms with Crippen LogP contribution >= 0.6 is 11.8 Å². The lowest BCUT2D eigenvalue weighted by atomic mass is 10.4. The largest absolute Gasteiger partial charge is 0.460 e. The average molecular weight is 228 g/mol. The summed E-state index contributed by atoms with van der Waals surface area (Å²) in [6.45, 7) is 2.52. The minimum absolute atomic E-state index is 0.314. The van der Waals surface area contributed by atoms with Gasteiger partial charge in [-0.1, -0.05) is 6.92 Å². The Balaban J connectivity index is 2.43. The molecular formula is C10H16N2O2S. The van der Waals surface area contributed by atoms with E-state index in [0.717, 1.165) is 11.5 Å². The maximum atomic E-state index is 11.5. The van der Waals surface area contributed by atoms with Crippen LogP contribution in [0.1, 0.15) is 17.4 Å². The van der Waals surface area contributed by atoms with Crippen LogP contribution in [0.15, 0.2) is 12.3 Å². The number of nitrogen functional groups attached to an aromatic ring is 1. The van der Waals surface area contributed by atoms with Crippen LogP contribution in [-0.2, 0) is 11.8 Å². The topological polar surface area (TPSA) is 57.2 Å². The van der Waals surface area contributed by atoms with Gasteiger partial charge in [0.25, 0.3) is 0 Å². The SMILES string of the molecule is CCSCCOC(=O)c1cc(N)cn1C. The molecule has 84 valence electrons. The maximum absolute atomic E-state index is 11.5. The van der Waals surface area contributed by atoms with Gasteiger partial charge < -0.3 is 15.0 Å². The molecule has 0 fully saturated rings. The first-order chi connectivity index (χ1) is 7.15. The molecule has 1 aromatic rings. The van der Waals surface area contributed by atoms with Crippen molar-refractivity contribution in [2.45, 2.75) is 6.92 Å². The van der Waals surface area contributed by atoms with E-state index in [0.29, 0.717) is 18.0 Å². The minimum Gasteiger partial charge on any atom is -0.460 e. The van der Waals surface area contributed by atoms with Gasteiger partial charge in [-0.05, 0) is 11.8 Å². The van der Waals surface area contributed by atoms with Crippen LogP contribution < -0.4 is 5.73 Å². The van der Waals surface area contributed by atoms with Gasteiger partial charge in [-0.3, -0.25) is 0 Å². The molecule has 0 atom stereocenters. The molecule has 15 heavy (non-hydrogen) atoms. The number of anilines is 1. The molecule has 2 N–H and O–H groups in total. The highest BCUT2D eigenvalue weighted by Gasteiger charge is 2.11. The number of carbonyl (C=O) groups excluding carboxylic acids is 1. The summed E-state index contributed by atoms with van der Waals surface area (Å²) in [5, 5.41) is 0. The third kappa shape index (κ3) is 3.51. The molecule has 0 amide bonds. The van der Waals surface area contributed by atoms with Crippen LogP contribution in [0.3, 0.4) is 0 Å². The highest BCUT2D eigenvalue weighted by atomic mass is 32.2. The van der Waals surface area contributed by atoms with Crippen molar-refractivity contribution in [3.05, 3.63) is 18.0 Å². The molecule has 0 bridgehead atoms.